The number of nitrogens with one attached hydrogen (secondary N) is 1. The van der Waals surface area contributed by atoms with E-state index in [1.54, 1.807) is 23.1 Å². The average Bonchev–Trinajstić information content (AvgIpc) is 2.69. The second-order valence-electron chi connectivity index (χ2n) is 7.03. The van der Waals surface area contributed by atoms with Crippen molar-refractivity contribution in [3.8, 4) is 0 Å². The van der Waals surface area contributed by atoms with Crippen molar-refractivity contribution in [1.82, 2.24) is 10.2 Å². The predicted octanol–water partition coefficient (Wildman–Crippen LogP) is 5.18. The van der Waals surface area contributed by atoms with Crippen molar-refractivity contribution >= 4 is 35.0 Å². The maximum atomic E-state index is 13.2. The molecule has 0 radical (unpaired) electrons. The highest BCUT2D eigenvalue weighted by Gasteiger charge is 2.29. The maximum absolute atomic E-state index is 13.2. The van der Waals surface area contributed by atoms with Gasteiger partial charge < -0.3 is 10.2 Å². The molecule has 2 rings (SSSR count). The zero-order chi connectivity index (χ0) is 21.4. The van der Waals surface area contributed by atoms with Crippen molar-refractivity contribution in [3.63, 3.8) is 0 Å². The van der Waals surface area contributed by atoms with Crippen LogP contribution >= 0.6 is 23.2 Å². The van der Waals surface area contributed by atoms with Crippen molar-refractivity contribution < 1.29 is 9.59 Å². The quantitative estimate of drug-likeness (QED) is 0.590. The van der Waals surface area contributed by atoms with Gasteiger partial charge in [-0.05, 0) is 44.4 Å². The third-order valence-electron chi connectivity index (χ3n) is 4.88. The smallest absolute Gasteiger partial charge is 0.242 e. The van der Waals surface area contributed by atoms with Gasteiger partial charge in [-0.2, -0.15) is 0 Å². The Morgan fingerprint density at radius 3 is 2.21 bits per heavy atom. The van der Waals surface area contributed by atoms with Gasteiger partial charge in [-0.3, -0.25) is 9.59 Å². The fraction of sp³-hybridized carbons (Fsp3) is 0.391. The Kier molecular flexibility index (Phi) is 8.99. The Morgan fingerprint density at radius 2 is 1.66 bits per heavy atom. The van der Waals surface area contributed by atoms with Crippen LogP contribution in [0.1, 0.15) is 43.4 Å². The number of rotatable bonds is 9. The first-order chi connectivity index (χ1) is 13.9. The van der Waals surface area contributed by atoms with Crippen molar-refractivity contribution in [2.75, 3.05) is 6.54 Å². The van der Waals surface area contributed by atoms with Crippen molar-refractivity contribution in [1.29, 1.82) is 0 Å². The van der Waals surface area contributed by atoms with Gasteiger partial charge in [0, 0.05) is 35.1 Å². The zero-order valence-electron chi connectivity index (χ0n) is 17.2. The molecule has 0 spiro atoms. The summed E-state index contributed by atoms with van der Waals surface area (Å²) < 4.78 is 0. The summed E-state index contributed by atoms with van der Waals surface area (Å²) in [4.78, 5) is 27.4. The van der Waals surface area contributed by atoms with Gasteiger partial charge in [0.15, 0.2) is 0 Å². The summed E-state index contributed by atoms with van der Waals surface area (Å²) in [6.07, 6.45) is 1.42. The number of hydrogen-bond donors (Lipinski definition) is 1. The molecular formula is C23H28Cl2N2O2. The number of nitrogens with zero attached hydrogens (tertiary/aromatic N) is 1. The number of carbonyl (C=O) groups is 2. The summed E-state index contributed by atoms with van der Waals surface area (Å²) >= 11 is 12.7. The Bertz CT molecular complexity index is 817. The minimum absolute atomic E-state index is 0.0975. The number of benzene rings is 2. The first-order valence-corrected chi connectivity index (χ1v) is 10.7. The molecule has 2 aromatic rings. The van der Waals surface area contributed by atoms with Gasteiger partial charge in [0.1, 0.15) is 6.04 Å². The highest BCUT2D eigenvalue weighted by Crippen LogP contribution is 2.27. The van der Waals surface area contributed by atoms with E-state index in [0.29, 0.717) is 41.4 Å². The molecule has 0 aliphatic rings. The molecule has 0 aromatic heterocycles. The van der Waals surface area contributed by atoms with E-state index in [-0.39, 0.29) is 18.4 Å². The molecule has 0 bridgehead atoms. The lowest BCUT2D eigenvalue weighted by Gasteiger charge is -2.31. The Balaban J connectivity index is 2.25. The standard InChI is InChI=1S/C23H28Cl2N2O2/c1-4-21(23(29)26-5-2)27(15-18-19(24)7-6-8-20(18)25)22(28)14-13-17-11-9-16(3)10-12-17/h6-12,21H,4-5,13-15H2,1-3H3,(H,26,29). The van der Waals surface area contributed by atoms with Crippen LogP contribution < -0.4 is 5.32 Å². The Labute approximate surface area is 183 Å². The first-order valence-electron chi connectivity index (χ1n) is 9.92. The number of hydrogen-bond acceptors (Lipinski definition) is 2. The summed E-state index contributed by atoms with van der Waals surface area (Å²) in [5.74, 6) is -0.262. The molecule has 4 nitrogen and oxygen atoms in total. The van der Waals surface area contributed by atoms with Crippen LogP contribution in [0.4, 0.5) is 0 Å². The second-order valence-corrected chi connectivity index (χ2v) is 7.84. The minimum atomic E-state index is -0.576. The second kappa shape index (κ2) is 11.2. The van der Waals surface area contributed by atoms with E-state index in [1.807, 2.05) is 45.0 Å². The van der Waals surface area contributed by atoms with E-state index >= 15 is 0 Å². The van der Waals surface area contributed by atoms with E-state index in [1.165, 1.54) is 5.56 Å². The molecule has 0 aliphatic carbocycles. The van der Waals surface area contributed by atoms with E-state index in [9.17, 15) is 9.59 Å². The van der Waals surface area contributed by atoms with Gasteiger partial charge in [0.2, 0.25) is 11.8 Å². The lowest BCUT2D eigenvalue weighted by Crippen LogP contribution is -2.49. The normalized spacial score (nSPS) is 11.8. The molecule has 0 heterocycles. The number of amides is 2. The third-order valence-corrected chi connectivity index (χ3v) is 5.58. The molecule has 0 fully saturated rings. The highest BCUT2D eigenvalue weighted by molar-refractivity contribution is 6.36. The SMILES string of the molecule is CCNC(=O)C(CC)N(Cc1c(Cl)cccc1Cl)C(=O)CCc1ccc(C)cc1. The molecule has 29 heavy (non-hydrogen) atoms. The molecule has 1 atom stereocenters. The number of likely N-dealkylation sites (N-methyl/N-ethyl adjacent to an activating group) is 1. The number of halogens is 2. The Hall–Kier alpha value is -2.04. The van der Waals surface area contributed by atoms with Crippen LogP contribution in [0.2, 0.25) is 10.0 Å². The molecule has 2 amide bonds. The zero-order valence-corrected chi connectivity index (χ0v) is 18.7. The maximum Gasteiger partial charge on any atom is 0.242 e. The fourth-order valence-corrected chi connectivity index (χ4v) is 3.73. The van der Waals surface area contributed by atoms with Crippen LogP contribution in [-0.4, -0.2) is 29.3 Å². The van der Waals surface area contributed by atoms with Crippen LogP contribution in [0.5, 0.6) is 0 Å². The third kappa shape index (κ3) is 6.48. The summed E-state index contributed by atoms with van der Waals surface area (Å²) in [7, 11) is 0. The topological polar surface area (TPSA) is 49.4 Å². The van der Waals surface area contributed by atoms with E-state index < -0.39 is 6.04 Å². The van der Waals surface area contributed by atoms with Gasteiger partial charge in [0.25, 0.3) is 0 Å². The van der Waals surface area contributed by atoms with Gasteiger partial charge in [0.05, 0.1) is 0 Å². The van der Waals surface area contributed by atoms with E-state index in [2.05, 4.69) is 5.32 Å². The number of carbonyl (C=O) groups excluding carboxylic acids is 2. The molecule has 2 aromatic carbocycles. The predicted molar refractivity (Wildman–Crippen MR) is 119 cm³/mol. The lowest BCUT2D eigenvalue weighted by atomic mass is 10.0. The molecule has 0 saturated carbocycles. The summed E-state index contributed by atoms with van der Waals surface area (Å²) in [6.45, 7) is 6.49. The molecule has 6 heteroatoms. The first kappa shape index (κ1) is 23.2. The van der Waals surface area contributed by atoms with Crippen molar-refractivity contribution in [2.45, 2.75) is 52.6 Å². The molecule has 156 valence electrons. The number of aryl methyl sites for hydroxylation is 2. The van der Waals surface area contributed by atoms with Crippen molar-refractivity contribution in [2.24, 2.45) is 0 Å². The van der Waals surface area contributed by atoms with Gasteiger partial charge in [-0.15, -0.1) is 0 Å². The van der Waals surface area contributed by atoms with Crippen LogP contribution in [0.25, 0.3) is 0 Å². The molecule has 0 aliphatic heterocycles. The van der Waals surface area contributed by atoms with Crippen LogP contribution in [0, 0.1) is 6.92 Å². The highest BCUT2D eigenvalue weighted by atomic mass is 35.5. The Morgan fingerprint density at radius 1 is 1.03 bits per heavy atom. The molecular weight excluding hydrogens is 407 g/mol. The summed E-state index contributed by atoms with van der Waals surface area (Å²) in [5, 5.41) is 3.80. The van der Waals surface area contributed by atoms with Gasteiger partial charge >= 0.3 is 0 Å². The lowest BCUT2D eigenvalue weighted by molar-refractivity contribution is -0.141. The minimum Gasteiger partial charge on any atom is -0.355 e. The summed E-state index contributed by atoms with van der Waals surface area (Å²) in [5.41, 5.74) is 2.92. The van der Waals surface area contributed by atoms with Crippen LogP contribution in [0.3, 0.4) is 0 Å². The molecule has 0 saturated heterocycles. The van der Waals surface area contributed by atoms with Crippen LogP contribution in [0.15, 0.2) is 42.5 Å². The molecule has 1 N–H and O–H groups in total. The summed E-state index contributed by atoms with van der Waals surface area (Å²) in [6, 6.07) is 12.8. The fourth-order valence-electron chi connectivity index (χ4n) is 3.21. The largest absolute Gasteiger partial charge is 0.355 e. The van der Waals surface area contributed by atoms with E-state index in [0.717, 1.165) is 5.56 Å². The monoisotopic (exact) mass is 434 g/mol. The van der Waals surface area contributed by atoms with Crippen LogP contribution in [-0.2, 0) is 22.6 Å². The van der Waals surface area contributed by atoms with Crippen molar-refractivity contribution in [3.05, 3.63) is 69.2 Å². The van der Waals surface area contributed by atoms with E-state index in [4.69, 9.17) is 23.2 Å². The molecule has 1 unspecified atom stereocenters. The van der Waals surface area contributed by atoms with Gasteiger partial charge in [-0.1, -0.05) is 66.0 Å². The average molecular weight is 435 g/mol. The van der Waals surface area contributed by atoms with Gasteiger partial charge in [-0.25, -0.2) is 0 Å².